The highest BCUT2D eigenvalue weighted by molar-refractivity contribution is 6.30. The van der Waals surface area contributed by atoms with Crippen LogP contribution >= 0.6 is 11.6 Å². The second kappa shape index (κ2) is 4.27. The monoisotopic (exact) mass is 184 g/mol. The summed E-state index contributed by atoms with van der Waals surface area (Å²) in [6.45, 7) is 3.48. The molecule has 0 aliphatic carbocycles. The lowest BCUT2D eigenvalue weighted by atomic mass is 10.1. The lowest BCUT2D eigenvalue weighted by molar-refractivity contribution is 0.347. The molecule has 1 unspecified atom stereocenters. The summed E-state index contributed by atoms with van der Waals surface area (Å²) >= 11 is 5.65. The summed E-state index contributed by atoms with van der Waals surface area (Å²) in [5.74, 6) is 0. The van der Waals surface area contributed by atoms with Gasteiger partial charge in [0.1, 0.15) is 6.17 Å². The number of alkyl halides is 1. The fourth-order valence-electron chi connectivity index (χ4n) is 0.954. The van der Waals surface area contributed by atoms with Crippen molar-refractivity contribution in [2.75, 3.05) is 0 Å². The summed E-state index contributed by atoms with van der Waals surface area (Å²) in [5.41, 5.74) is 0.652. The lowest BCUT2D eigenvalue weighted by Gasteiger charge is -2.04. The molecule has 1 atom stereocenters. The summed E-state index contributed by atoms with van der Waals surface area (Å²) in [7, 11) is 0. The van der Waals surface area contributed by atoms with E-state index in [0.717, 1.165) is 0 Å². The first-order valence-corrected chi connectivity index (χ1v) is 4.12. The van der Waals surface area contributed by atoms with Crippen molar-refractivity contribution >= 4 is 11.6 Å². The van der Waals surface area contributed by atoms with Gasteiger partial charge in [0.25, 0.3) is 0 Å². The third-order valence-corrected chi connectivity index (χ3v) is 1.86. The van der Waals surface area contributed by atoms with Crippen molar-refractivity contribution in [2.45, 2.75) is 12.6 Å². The average Bonchev–Trinajstić information content (AvgIpc) is 2.06. The molecular weight excluding hydrogens is 175 g/mol. The highest BCUT2D eigenvalue weighted by Gasteiger charge is 2.05. The first-order valence-electron chi connectivity index (χ1n) is 3.74. The third-order valence-electron chi connectivity index (χ3n) is 1.61. The van der Waals surface area contributed by atoms with Gasteiger partial charge in [-0.1, -0.05) is 29.8 Å². The van der Waals surface area contributed by atoms with Crippen molar-refractivity contribution in [3.8, 4) is 0 Å². The first-order chi connectivity index (χ1) is 5.74. The van der Waals surface area contributed by atoms with Gasteiger partial charge < -0.3 is 0 Å². The second-order valence-electron chi connectivity index (χ2n) is 2.54. The highest BCUT2D eigenvalue weighted by atomic mass is 35.5. The van der Waals surface area contributed by atoms with E-state index in [2.05, 4.69) is 6.58 Å². The topological polar surface area (TPSA) is 0 Å². The maximum Gasteiger partial charge on any atom is 0.129 e. The van der Waals surface area contributed by atoms with Crippen LogP contribution in [0.3, 0.4) is 0 Å². The van der Waals surface area contributed by atoms with Crippen LogP contribution in [0.1, 0.15) is 18.2 Å². The fourth-order valence-corrected chi connectivity index (χ4v) is 1.08. The smallest absolute Gasteiger partial charge is 0.129 e. The molecule has 0 bridgehead atoms. The molecule has 64 valence electrons. The van der Waals surface area contributed by atoms with Gasteiger partial charge in [0.2, 0.25) is 0 Å². The molecule has 2 heteroatoms. The first kappa shape index (κ1) is 9.27. The molecule has 0 saturated carbocycles. The molecule has 0 fully saturated rings. The predicted octanol–water partition coefficient (Wildman–Crippen LogP) is 3.93. The van der Waals surface area contributed by atoms with E-state index in [-0.39, 0.29) is 0 Å². The standard InChI is InChI=1S/C10H10ClF/c1-2-3-10(12)8-4-6-9(11)7-5-8/h2,4-7,10H,1,3H2. The maximum atomic E-state index is 13.2. The zero-order valence-corrected chi connectivity index (χ0v) is 7.39. The molecule has 12 heavy (non-hydrogen) atoms. The van der Waals surface area contributed by atoms with Crippen LogP contribution in [0.15, 0.2) is 36.9 Å². The Kier molecular flexibility index (Phi) is 3.30. The van der Waals surface area contributed by atoms with Crippen LogP contribution in [0.5, 0.6) is 0 Å². The van der Waals surface area contributed by atoms with Crippen LogP contribution in [0.2, 0.25) is 5.02 Å². The van der Waals surface area contributed by atoms with E-state index in [0.29, 0.717) is 17.0 Å². The molecule has 0 saturated heterocycles. The van der Waals surface area contributed by atoms with Crippen LogP contribution in [0.4, 0.5) is 4.39 Å². The number of hydrogen-bond donors (Lipinski definition) is 0. The molecule has 0 spiro atoms. The minimum atomic E-state index is -0.959. The number of benzene rings is 1. The van der Waals surface area contributed by atoms with E-state index in [1.165, 1.54) is 0 Å². The molecule has 1 aromatic carbocycles. The van der Waals surface area contributed by atoms with Gasteiger partial charge >= 0.3 is 0 Å². The van der Waals surface area contributed by atoms with E-state index >= 15 is 0 Å². The van der Waals surface area contributed by atoms with Crippen molar-refractivity contribution in [3.05, 3.63) is 47.5 Å². The Balaban J connectivity index is 2.74. The summed E-state index contributed by atoms with van der Waals surface area (Å²) < 4.78 is 13.2. The van der Waals surface area contributed by atoms with Gasteiger partial charge in [0, 0.05) is 11.4 Å². The Labute approximate surface area is 76.7 Å². The molecule has 1 rings (SSSR count). The molecule has 0 aromatic heterocycles. The van der Waals surface area contributed by atoms with Crippen LogP contribution in [0.25, 0.3) is 0 Å². The molecule has 0 N–H and O–H groups in total. The second-order valence-corrected chi connectivity index (χ2v) is 2.98. The Morgan fingerprint density at radius 2 is 2.00 bits per heavy atom. The van der Waals surface area contributed by atoms with Gasteiger partial charge in [0.05, 0.1) is 0 Å². The summed E-state index contributed by atoms with van der Waals surface area (Å²) in [5, 5.41) is 0.629. The van der Waals surface area contributed by atoms with Gasteiger partial charge in [0.15, 0.2) is 0 Å². The van der Waals surface area contributed by atoms with E-state index in [1.54, 1.807) is 30.3 Å². The minimum Gasteiger partial charge on any atom is -0.242 e. The van der Waals surface area contributed by atoms with Crippen molar-refractivity contribution in [1.29, 1.82) is 0 Å². The molecule has 0 aliphatic heterocycles. The summed E-state index contributed by atoms with van der Waals surface area (Å²) in [4.78, 5) is 0. The highest BCUT2D eigenvalue weighted by Crippen LogP contribution is 2.22. The van der Waals surface area contributed by atoms with Gasteiger partial charge in [-0.05, 0) is 17.7 Å². The van der Waals surface area contributed by atoms with Gasteiger partial charge in [-0.15, -0.1) is 6.58 Å². The largest absolute Gasteiger partial charge is 0.242 e. The summed E-state index contributed by atoms with van der Waals surface area (Å²) in [6, 6.07) is 6.76. The van der Waals surface area contributed by atoms with Crippen molar-refractivity contribution in [1.82, 2.24) is 0 Å². The predicted molar refractivity (Wildman–Crippen MR) is 50.1 cm³/mol. The number of rotatable bonds is 3. The number of allylic oxidation sites excluding steroid dienone is 1. The zero-order chi connectivity index (χ0) is 8.97. The van der Waals surface area contributed by atoms with Gasteiger partial charge in [-0.25, -0.2) is 4.39 Å². The molecule has 0 radical (unpaired) electrons. The molecule has 1 aromatic rings. The molecule has 0 heterocycles. The Bertz CT molecular complexity index is 253. The lowest BCUT2D eigenvalue weighted by Crippen LogP contribution is -1.88. The quantitative estimate of drug-likeness (QED) is 0.625. The van der Waals surface area contributed by atoms with E-state index in [1.807, 2.05) is 0 Å². The molecule has 0 nitrogen and oxygen atoms in total. The maximum absolute atomic E-state index is 13.2. The van der Waals surface area contributed by atoms with Crippen molar-refractivity contribution < 1.29 is 4.39 Å². The van der Waals surface area contributed by atoms with Crippen LogP contribution in [-0.4, -0.2) is 0 Å². The van der Waals surface area contributed by atoms with Gasteiger partial charge in [-0.2, -0.15) is 0 Å². The summed E-state index contributed by atoms with van der Waals surface area (Å²) in [6.07, 6.45) is 0.959. The number of hydrogen-bond acceptors (Lipinski definition) is 0. The molecule has 0 amide bonds. The Hall–Kier alpha value is -0.820. The van der Waals surface area contributed by atoms with Gasteiger partial charge in [-0.3, -0.25) is 0 Å². The molecular formula is C10H10ClF. The van der Waals surface area contributed by atoms with Crippen LogP contribution in [-0.2, 0) is 0 Å². The zero-order valence-electron chi connectivity index (χ0n) is 6.63. The van der Waals surface area contributed by atoms with Crippen LogP contribution in [0, 0.1) is 0 Å². The Morgan fingerprint density at radius 1 is 1.42 bits per heavy atom. The minimum absolute atomic E-state index is 0.349. The van der Waals surface area contributed by atoms with Crippen LogP contribution < -0.4 is 0 Å². The van der Waals surface area contributed by atoms with Crippen molar-refractivity contribution in [3.63, 3.8) is 0 Å². The normalized spacial score (nSPS) is 12.5. The third kappa shape index (κ3) is 2.35. The molecule has 0 aliphatic rings. The average molecular weight is 185 g/mol. The fraction of sp³-hybridized carbons (Fsp3) is 0.200. The van der Waals surface area contributed by atoms with Crippen molar-refractivity contribution in [2.24, 2.45) is 0 Å². The van der Waals surface area contributed by atoms with E-state index in [4.69, 9.17) is 11.6 Å². The Morgan fingerprint density at radius 3 is 2.50 bits per heavy atom. The SMILES string of the molecule is C=CCC(F)c1ccc(Cl)cc1. The van der Waals surface area contributed by atoms with E-state index < -0.39 is 6.17 Å². The number of halogens is 2. The van der Waals surface area contributed by atoms with E-state index in [9.17, 15) is 4.39 Å².